The van der Waals surface area contributed by atoms with E-state index in [1.807, 2.05) is 13.8 Å². The van der Waals surface area contributed by atoms with Gasteiger partial charge in [0.25, 0.3) is 5.91 Å². The number of pyridine rings is 1. The molecule has 2 heterocycles. The van der Waals surface area contributed by atoms with Gasteiger partial charge in [0.1, 0.15) is 12.1 Å². The highest BCUT2D eigenvalue weighted by Gasteiger charge is 2.18. The molecular formula is C16H21N5O2. The lowest BCUT2D eigenvalue weighted by Gasteiger charge is -2.23. The molecule has 0 N–H and O–H groups in total. The first-order valence-corrected chi connectivity index (χ1v) is 7.54. The highest BCUT2D eigenvalue weighted by atomic mass is 16.2. The SMILES string of the molecule is CCN(CC)C(=O)CN(C)C(=O)c1ccc(-n2ccnc2)nc1. The molecule has 2 aromatic heterocycles. The van der Waals surface area contributed by atoms with Crippen molar-refractivity contribution in [1.29, 1.82) is 0 Å². The summed E-state index contributed by atoms with van der Waals surface area (Å²) < 4.78 is 1.75. The van der Waals surface area contributed by atoms with Crippen molar-refractivity contribution in [2.75, 3.05) is 26.7 Å². The highest BCUT2D eigenvalue weighted by molar-refractivity contribution is 5.96. The van der Waals surface area contributed by atoms with Gasteiger partial charge < -0.3 is 9.80 Å². The van der Waals surface area contributed by atoms with Crippen LogP contribution < -0.4 is 0 Å². The molecule has 0 aliphatic rings. The summed E-state index contributed by atoms with van der Waals surface area (Å²) in [6, 6.07) is 3.44. The molecule has 0 spiro atoms. The van der Waals surface area contributed by atoms with Crippen LogP contribution in [0.2, 0.25) is 0 Å². The first-order valence-electron chi connectivity index (χ1n) is 7.54. The molecule has 23 heavy (non-hydrogen) atoms. The molecule has 2 aromatic rings. The normalized spacial score (nSPS) is 10.4. The number of imidazole rings is 1. The van der Waals surface area contributed by atoms with Crippen molar-refractivity contribution in [2.45, 2.75) is 13.8 Å². The average Bonchev–Trinajstić information content (AvgIpc) is 3.10. The molecule has 0 saturated carbocycles. The average molecular weight is 315 g/mol. The number of likely N-dealkylation sites (N-methyl/N-ethyl adjacent to an activating group) is 2. The minimum atomic E-state index is -0.227. The summed E-state index contributed by atoms with van der Waals surface area (Å²) in [6.45, 7) is 5.17. The number of rotatable bonds is 6. The van der Waals surface area contributed by atoms with E-state index in [4.69, 9.17) is 0 Å². The summed E-state index contributed by atoms with van der Waals surface area (Å²) in [5, 5.41) is 0. The molecule has 7 heteroatoms. The Labute approximate surface area is 135 Å². The van der Waals surface area contributed by atoms with Crippen LogP contribution in [0.15, 0.2) is 37.1 Å². The summed E-state index contributed by atoms with van der Waals surface area (Å²) in [5.41, 5.74) is 0.448. The van der Waals surface area contributed by atoms with Crippen LogP contribution >= 0.6 is 0 Å². The third-order valence-corrected chi connectivity index (χ3v) is 3.60. The molecule has 0 aliphatic heterocycles. The van der Waals surface area contributed by atoms with Crippen LogP contribution in [0.25, 0.3) is 5.82 Å². The smallest absolute Gasteiger partial charge is 0.255 e. The standard InChI is InChI=1S/C16H21N5O2/c1-4-20(5-2)15(22)11-19(3)16(23)13-6-7-14(18-10-13)21-9-8-17-12-21/h6-10,12H,4-5,11H2,1-3H3. The molecule has 0 unspecified atom stereocenters. The summed E-state index contributed by atoms with van der Waals surface area (Å²) in [5.74, 6) is 0.393. The van der Waals surface area contributed by atoms with Crippen LogP contribution in [0.1, 0.15) is 24.2 Å². The molecule has 0 fully saturated rings. The maximum absolute atomic E-state index is 12.4. The van der Waals surface area contributed by atoms with Gasteiger partial charge in [0.2, 0.25) is 5.91 Å². The van der Waals surface area contributed by atoms with Gasteiger partial charge in [-0.3, -0.25) is 14.2 Å². The Bertz CT molecular complexity index is 648. The van der Waals surface area contributed by atoms with E-state index >= 15 is 0 Å². The molecule has 0 atom stereocenters. The zero-order valence-corrected chi connectivity index (χ0v) is 13.6. The van der Waals surface area contributed by atoms with Gasteiger partial charge in [-0.2, -0.15) is 0 Å². The van der Waals surface area contributed by atoms with Gasteiger partial charge in [-0.1, -0.05) is 0 Å². The Balaban J connectivity index is 2.03. The van der Waals surface area contributed by atoms with Gasteiger partial charge in [0.05, 0.1) is 12.1 Å². The molecule has 122 valence electrons. The van der Waals surface area contributed by atoms with E-state index < -0.39 is 0 Å². The first kappa shape index (κ1) is 16.7. The minimum Gasteiger partial charge on any atom is -0.342 e. The zero-order chi connectivity index (χ0) is 16.8. The zero-order valence-electron chi connectivity index (χ0n) is 13.6. The van der Waals surface area contributed by atoms with Crippen LogP contribution in [-0.4, -0.2) is 62.8 Å². The fraction of sp³-hybridized carbons (Fsp3) is 0.375. The van der Waals surface area contributed by atoms with Crippen molar-refractivity contribution in [3.8, 4) is 5.82 Å². The van der Waals surface area contributed by atoms with Gasteiger partial charge in [0, 0.05) is 38.7 Å². The molecule has 2 rings (SSSR count). The second kappa shape index (κ2) is 7.53. The predicted octanol–water partition coefficient (Wildman–Crippen LogP) is 1.21. The maximum Gasteiger partial charge on any atom is 0.255 e. The molecule has 0 saturated heterocycles. The highest BCUT2D eigenvalue weighted by Crippen LogP contribution is 2.08. The Morgan fingerprint density at radius 2 is 1.96 bits per heavy atom. The van der Waals surface area contributed by atoms with E-state index in [-0.39, 0.29) is 18.4 Å². The van der Waals surface area contributed by atoms with Crippen LogP contribution in [0, 0.1) is 0 Å². The third-order valence-electron chi connectivity index (χ3n) is 3.60. The molecule has 2 amide bonds. The van der Waals surface area contributed by atoms with E-state index in [0.29, 0.717) is 24.5 Å². The molecular weight excluding hydrogens is 294 g/mol. The predicted molar refractivity (Wildman–Crippen MR) is 86.2 cm³/mol. The summed E-state index contributed by atoms with van der Waals surface area (Å²) in [7, 11) is 1.62. The second-order valence-electron chi connectivity index (χ2n) is 5.10. The molecule has 0 radical (unpaired) electrons. The second-order valence-corrected chi connectivity index (χ2v) is 5.10. The maximum atomic E-state index is 12.4. The monoisotopic (exact) mass is 315 g/mol. The van der Waals surface area contributed by atoms with Gasteiger partial charge in [-0.05, 0) is 26.0 Å². The van der Waals surface area contributed by atoms with Gasteiger partial charge >= 0.3 is 0 Å². The fourth-order valence-corrected chi connectivity index (χ4v) is 2.23. The van der Waals surface area contributed by atoms with Crippen molar-refractivity contribution in [2.24, 2.45) is 0 Å². The quantitative estimate of drug-likeness (QED) is 0.803. The van der Waals surface area contributed by atoms with Crippen LogP contribution in [0.3, 0.4) is 0 Å². The van der Waals surface area contributed by atoms with Crippen molar-refractivity contribution in [3.05, 3.63) is 42.6 Å². The summed E-state index contributed by atoms with van der Waals surface area (Å²) in [6.07, 6.45) is 6.58. The minimum absolute atomic E-state index is 0.0593. The van der Waals surface area contributed by atoms with Crippen molar-refractivity contribution in [3.63, 3.8) is 0 Å². The van der Waals surface area contributed by atoms with Crippen LogP contribution in [-0.2, 0) is 4.79 Å². The lowest BCUT2D eigenvalue weighted by Crippen LogP contribution is -2.41. The van der Waals surface area contributed by atoms with Crippen molar-refractivity contribution >= 4 is 11.8 Å². The molecule has 0 aliphatic carbocycles. The number of aromatic nitrogens is 3. The lowest BCUT2D eigenvalue weighted by atomic mass is 10.2. The summed E-state index contributed by atoms with van der Waals surface area (Å²) in [4.78, 5) is 35.8. The van der Waals surface area contributed by atoms with Crippen molar-refractivity contribution < 1.29 is 9.59 Å². The Morgan fingerprint density at radius 3 is 2.48 bits per heavy atom. The van der Waals surface area contributed by atoms with Gasteiger partial charge in [-0.15, -0.1) is 0 Å². The Kier molecular flexibility index (Phi) is 5.46. The van der Waals surface area contributed by atoms with E-state index in [1.54, 1.807) is 47.4 Å². The van der Waals surface area contributed by atoms with Crippen molar-refractivity contribution in [1.82, 2.24) is 24.3 Å². The number of carbonyl (C=O) groups excluding carboxylic acids is 2. The largest absolute Gasteiger partial charge is 0.342 e. The number of hydrogen-bond acceptors (Lipinski definition) is 4. The van der Waals surface area contributed by atoms with Gasteiger partial charge in [0.15, 0.2) is 0 Å². The van der Waals surface area contributed by atoms with Gasteiger partial charge in [-0.25, -0.2) is 9.97 Å². The van der Waals surface area contributed by atoms with Crippen LogP contribution in [0.5, 0.6) is 0 Å². The number of carbonyl (C=O) groups is 2. The number of nitrogens with zero attached hydrogens (tertiary/aromatic N) is 5. The molecule has 0 aromatic carbocycles. The summed E-state index contributed by atoms with van der Waals surface area (Å²) >= 11 is 0. The Morgan fingerprint density at radius 1 is 1.22 bits per heavy atom. The van der Waals surface area contributed by atoms with E-state index in [1.165, 1.54) is 11.1 Å². The molecule has 0 bridgehead atoms. The molecule has 7 nitrogen and oxygen atoms in total. The number of hydrogen-bond donors (Lipinski definition) is 0. The number of amides is 2. The first-order chi connectivity index (χ1) is 11.1. The van der Waals surface area contributed by atoms with E-state index in [0.717, 1.165) is 0 Å². The van der Waals surface area contributed by atoms with Crippen LogP contribution in [0.4, 0.5) is 0 Å². The lowest BCUT2D eigenvalue weighted by molar-refractivity contribution is -0.131. The topological polar surface area (TPSA) is 71.3 Å². The van der Waals surface area contributed by atoms with E-state index in [9.17, 15) is 9.59 Å². The fourth-order valence-electron chi connectivity index (χ4n) is 2.23. The van der Waals surface area contributed by atoms with E-state index in [2.05, 4.69) is 9.97 Å². The third kappa shape index (κ3) is 3.94. The Hall–Kier alpha value is -2.70.